The lowest BCUT2D eigenvalue weighted by molar-refractivity contribution is -0.206. The van der Waals surface area contributed by atoms with E-state index in [9.17, 15) is 23.1 Å². The number of carbonyl (C=O) groups excluding carboxylic acids is 1. The number of aliphatic hydroxyl groups is 1. The fraction of sp³-hybridized carbons (Fsp3) is 0.250. The van der Waals surface area contributed by atoms with E-state index < -0.39 is 29.8 Å². The van der Waals surface area contributed by atoms with E-state index in [-0.39, 0.29) is 17.0 Å². The molecule has 0 saturated carbocycles. The molecule has 0 radical (unpaired) electrons. The fourth-order valence-corrected chi connectivity index (χ4v) is 2.71. The van der Waals surface area contributed by atoms with Gasteiger partial charge in [-0.3, -0.25) is 9.78 Å². The normalized spacial score (nSPS) is 13.7. The van der Waals surface area contributed by atoms with Crippen molar-refractivity contribution in [2.24, 2.45) is 0 Å². The summed E-state index contributed by atoms with van der Waals surface area (Å²) in [5.41, 5.74) is 1.02. The number of benzene rings is 1. The van der Waals surface area contributed by atoms with Crippen LogP contribution in [-0.4, -0.2) is 27.2 Å². The van der Waals surface area contributed by atoms with Crippen LogP contribution in [0.3, 0.4) is 0 Å². The van der Waals surface area contributed by atoms with Gasteiger partial charge in [-0.2, -0.15) is 13.2 Å². The highest BCUT2D eigenvalue weighted by atomic mass is 19.4. The maximum atomic E-state index is 13.1. The minimum atomic E-state index is -4.88. The first-order chi connectivity index (χ1) is 13.6. The summed E-state index contributed by atoms with van der Waals surface area (Å²) < 4.78 is 44.3. The molecule has 2 heterocycles. The summed E-state index contributed by atoms with van der Waals surface area (Å²) >= 11 is 0. The Hall–Kier alpha value is -3.20. The van der Waals surface area contributed by atoms with Crippen LogP contribution in [0.1, 0.15) is 46.4 Å². The lowest BCUT2D eigenvalue weighted by atomic mass is 9.98. The number of aromatic nitrogens is 2. The topological polar surface area (TPSA) is 88.2 Å². The summed E-state index contributed by atoms with van der Waals surface area (Å²) in [6, 6.07) is 6.37. The standard InChI is InChI=1S/C20H18F3N3O3/c1-11-3-4-16(25-10-11)13-7-14(17(27)20(21,22)23)9-15(8-13)18(28)26-12(2)19-24-5-6-29-19/h3-10,12,17,27H,1-2H3,(H,26,28)/t12-,17?/m1/s1. The first-order valence-electron chi connectivity index (χ1n) is 8.68. The minimum Gasteiger partial charge on any atom is -0.447 e. The average molecular weight is 405 g/mol. The van der Waals surface area contributed by atoms with Crippen LogP contribution < -0.4 is 5.32 Å². The molecule has 0 aliphatic carbocycles. The van der Waals surface area contributed by atoms with E-state index in [2.05, 4.69) is 15.3 Å². The van der Waals surface area contributed by atoms with Crippen molar-refractivity contribution in [2.75, 3.05) is 0 Å². The molecule has 2 atom stereocenters. The van der Waals surface area contributed by atoms with Gasteiger partial charge in [-0.05, 0) is 49.2 Å². The van der Waals surface area contributed by atoms with Gasteiger partial charge in [-0.25, -0.2) is 4.98 Å². The van der Waals surface area contributed by atoms with Gasteiger partial charge in [0.2, 0.25) is 5.89 Å². The molecule has 3 rings (SSSR count). The fourth-order valence-electron chi connectivity index (χ4n) is 2.71. The smallest absolute Gasteiger partial charge is 0.418 e. The predicted molar refractivity (Wildman–Crippen MR) is 97.8 cm³/mol. The number of hydrogen-bond acceptors (Lipinski definition) is 5. The van der Waals surface area contributed by atoms with Crippen molar-refractivity contribution >= 4 is 5.91 Å². The molecule has 9 heteroatoms. The highest BCUT2D eigenvalue weighted by molar-refractivity contribution is 5.95. The number of amides is 1. The van der Waals surface area contributed by atoms with Crippen molar-refractivity contribution in [3.8, 4) is 11.3 Å². The van der Waals surface area contributed by atoms with Crippen LogP contribution >= 0.6 is 0 Å². The van der Waals surface area contributed by atoms with Crippen LogP contribution in [0.2, 0.25) is 0 Å². The second-order valence-corrected chi connectivity index (χ2v) is 6.57. The monoisotopic (exact) mass is 405 g/mol. The summed E-state index contributed by atoms with van der Waals surface area (Å²) in [5.74, 6) is -0.384. The molecule has 0 spiro atoms. The number of carbonyl (C=O) groups is 1. The van der Waals surface area contributed by atoms with Gasteiger partial charge in [0, 0.05) is 17.3 Å². The molecule has 0 fully saturated rings. The Morgan fingerprint density at radius 1 is 1.21 bits per heavy atom. The lowest BCUT2D eigenvalue weighted by Gasteiger charge is -2.18. The van der Waals surface area contributed by atoms with Crippen LogP contribution in [0.25, 0.3) is 11.3 Å². The Labute approximate surface area is 164 Å². The summed E-state index contributed by atoms with van der Waals surface area (Å²) in [7, 11) is 0. The number of nitrogens with zero attached hydrogens (tertiary/aromatic N) is 2. The lowest BCUT2D eigenvalue weighted by Crippen LogP contribution is -2.27. The van der Waals surface area contributed by atoms with E-state index in [1.165, 1.54) is 24.6 Å². The molecule has 0 bridgehead atoms. The van der Waals surface area contributed by atoms with Gasteiger partial charge in [0.25, 0.3) is 5.91 Å². The average Bonchev–Trinajstić information content (AvgIpc) is 3.22. The number of hydrogen-bond donors (Lipinski definition) is 2. The van der Waals surface area contributed by atoms with Crippen LogP contribution in [0.15, 0.2) is 53.4 Å². The molecule has 0 saturated heterocycles. The molecule has 1 unspecified atom stereocenters. The maximum absolute atomic E-state index is 13.1. The van der Waals surface area contributed by atoms with E-state index >= 15 is 0 Å². The first-order valence-corrected chi connectivity index (χ1v) is 8.68. The van der Waals surface area contributed by atoms with Crippen LogP contribution in [-0.2, 0) is 0 Å². The number of pyridine rings is 1. The third-order valence-electron chi connectivity index (χ3n) is 4.22. The molecule has 6 nitrogen and oxygen atoms in total. The number of aliphatic hydroxyl groups excluding tert-OH is 1. The summed E-state index contributed by atoms with van der Waals surface area (Å²) in [6.45, 7) is 3.45. The Morgan fingerprint density at radius 3 is 2.55 bits per heavy atom. The summed E-state index contributed by atoms with van der Waals surface area (Å²) in [5, 5.41) is 12.3. The Balaban J connectivity index is 1.99. The number of rotatable bonds is 5. The van der Waals surface area contributed by atoms with E-state index in [4.69, 9.17) is 4.42 Å². The second kappa shape index (κ2) is 8.04. The van der Waals surface area contributed by atoms with Crippen LogP contribution in [0.5, 0.6) is 0 Å². The quantitative estimate of drug-likeness (QED) is 0.666. The Kier molecular flexibility index (Phi) is 5.69. The maximum Gasteiger partial charge on any atom is 0.418 e. The van der Waals surface area contributed by atoms with Gasteiger partial charge in [0.05, 0.1) is 11.9 Å². The molecule has 0 aliphatic rings. The molecule has 1 amide bonds. The van der Waals surface area contributed by atoms with Crippen molar-refractivity contribution < 1.29 is 27.5 Å². The third kappa shape index (κ3) is 4.80. The zero-order valence-corrected chi connectivity index (χ0v) is 15.6. The van der Waals surface area contributed by atoms with Gasteiger partial charge >= 0.3 is 6.18 Å². The number of halogens is 3. The van der Waals surface area contributed by atoms with Crippen molar-refractivity contribution in [3.63, 3.8) is 0 Å². The Bertz CT molecular complexity index is 986. The van der Waals surface area contributed by atoms with Gasteiger partial charge in [0.1, 0.15) is 12.3 Å². The van der Waals surface area contributed by atoms with Gasteiger partial charge in [0.15, 0.2) is 6.10 Å². The van der Waals surface area contributed by atoms with Gasteiger partial charge < -0.3 is 14.8 Å². The number of alkyl halides is 3. The van der Waals surface area contributed by atoms with Gasteiger partial charge in [-0.1, -0.05) is 6.07 Å². The van der Waals surface area contributed by atoms with E-state index in [1.54, 1.807) is 25.3 Å². The highest BCUT2D eigenvalue weighted by Gasteiger charge is 2.39. The van der Waals surface area contributed by atoms with Crippen molar-refractivity contribution in [2.45, 2.75) is 32.2 Å². The molecule has 1 aromatic carbocycles. The zero-order chi connectivity index (χ0) is 21.2. The molecule has 29 heavy (non-hydrogen) atoms. The van der Waals surface area contributed by atoms with Crippen LogP contribution in [0, 0.1) is 6.92 Å². The molecule has 0 aliphatic heterocycles. The molecular weight excluding hydrogens is 387 g/mol. The molecule has 152 valence electrons. The van der Waals surface area contributed by atoms with Crippen molar-refractivity contribution in [1.82, 2.24) is 15.3 Å². The molecule has 2 aromatic heterocycles. The zero-order valence-electron chi connectivity index (χ0n) is 15.6. The van der Waals surface area contributed by atoms with Crippen LogP contribution in [0.4, 0.5) is 13.2 Å². The number of oxazole rings is 1. The predicted octanol–water partition coefficient (Wildman–Crippen LogP) is 4.13. The van der Waals surface area contributed by atoms with E-state index in [0.717, 1.165) is 11.6 Å². The van der Waals surface area contributed by atoms with Gasteiger partial charge in [-0.15, -0.1) is 0 Å². The summed E-state index contributed by atoms with van der Waals surface area (Å²) in [6.07, 6.45) is -3.28. The summed E-state index contributed by atoms with van der Waals surface area (Å²) in [4.78, 5) is 20.8. The third-order valence-corrected chi connectivity index (χ3v) is 4.22. The molecular formula is C20H18F3N3O3. The Morgan fingerprint density at radius 2 is 1.97 bits per heavy atom. The largest absolute Gasteiger partial charge is 0.447 e. The first kappa shape index (κ1) is 20.5. The van der Waals surface area contributed by atoms with E-state index in [0.29, 0.717) is 5.69 Å². The number of aryl methyl sites for hydroxylation is 1. The minimum absolute atomic E-state index is 0.0541. The molecule has 3 aromatic rings. The van der Waals surface area contributed by atoms with E-state index in [1.807, 2.05) is 6.92 Å². The van der Waals surface area contributed by atoms with Crippen molar-refractivity contribution in [1.29, 1.82) is 0 Å². The highest BCUT2D eigenvalue weighted by Crippen LogP contribution is 2.35. The second-order valence-electron chi connectivity index (χ2n) is 6.57. The molecule has 2 N–H and O–H groups in total. The SMILES string of the molecule is Cc1ccc(-c2cc(C(=O)N[C@H](C)c3ncco3)cc(C(O)C(F)(F)F)c2)nc1. The number of nitrogens with one attached hydrogen (secondary N) is 1. The van der Waals surface area contributed by atoms with Crippen molar-refractivity contribution in [3.05, 3.63) is 71.6 Å².